The molecule has 2 aromatic heterocycles. The van der Waals surface area contributed by atoms with Crippen molar-refractivity contribution in [3.05, 3.63) is 65.0 Å². The number of benzene rings is 1. The highest BCUT2D eigenvalue weighted by molar-refractivity contribution is 5.79. The van der Waals surface area contributed by atoms with Crippen LogP contribution in [0.5, 0.6) is 0 Å². The minimum absolute atomic E-state index is 0.0835. The van der Waals surface area contributed by atoms with E-state index in [9.17, 15) is 9.18 Å². The lowest BCUT2D eigenvalue weighted by Crippen LogP contribution is -2.28. The van der Waals surface area contributed by atoms with Gasteiger partial charge < -0.3 is 14.2 Å². The molecule has 0 aliphatic heterocycles. The molecule has 1 aromatic carbocycles. The van der Waals surface area contributed by atoms with Crippen LogP contribution in [0.15, 0.2) is 45.4 Å². The highest BCUT2D eigenvalue weighted by Crippen LogP contribution is 2.31. The number of nitrogens with zero attached hydrogens (tertiary/aromatic N) is 1. The Bertz CT molecular complexity index is 915. The number of amides is 1. The number of aromatic nitrogens is 1. The van der Waals surface area contributed by atoms with E-state index in [1.165, 1.54) is 6.07 Å². The molecule has 1 unspecified atom stereocenters. The van der Waals surface area contributed by atoms with Crippen molar-refractivity contribution in [3.8, 4) is 11.7 Å². The molecule has 1 N–H and O–H groups in total. The average molecular weight is 340 g/mol. The Morgan fingerprint density at radius 3 is 3.08 bits per heavy atom. The Morgan fingerprint density at radius 1 is 1.40 bits per heavy atom. The maximum Gasteiger partial charge on any atom is 0.263 e. The quantitative estimate of drug-likeness (QED) is 0.786. The van der Waals surface area contributed by atoms with Crippen LogP contribution in [0, 0.1) is 12.7 Å². The lowest BCUT2D eigenvalue weighted by Gasteiger charge is -2.13. The number of furan rings is 1. The normalized spacial score (nSPS) is 16.0. The van der Waals surface area contributed by atoms with Crippen molar-refractivity contribution < 1.29 is 18.0 Å². The van der Waals surface area contributed by atoms with Crippen molar-refractivity contribution in [1.29, 1.82) is 0 Å². The van der Waals surface area contributed by atoms with Crippen molar-refractivity contribution in [2.24, 2.45) is 0 Å². The number of aryl methyl sites for hydroxylation is 2. The van der Waals surface area contributed by atoms with Crippen LogP contribution in [-0.2, 0) is 17.6 Å². The van der Waals surface area contributed by atoms with E-state index in [-0.39, 0.29) is 24.2 Å². The van der Waals surface area contributed by atoms with Gasteiger partial charge in [0.25, 0.3) is 5.89 Å². The number of hydrogen-bond acceptors (Lipinski definition) is 4. The van der Waals surface area contributed by atoms with Crippen LogP contribution in [-0.4, -0.2) is 10.9 Å². The molecular weight excluding hydrogens is 323 g/mol. The summed E-state index contributed by atoms with van der Waals surface area (Å²) in [5, 5.41) is 3.01. The molecule has 0 saturated heterocycles. The second kappa shape index (κ2) is 6.20. The zero-order valence-electron chi connectivity index (χ0n) is 13.7. The van der Waals surface area contributed by atoms with Crippen LogP contribution < -0.4 is 5.32 Å². The standard InChI is InChI=1S/C19H17FN2O3/c1-11-16(22-19(25-11)17-3-2-8-24-17)10-18(23)21-15-7-4-12-9-13(20)5-6-14(12)15/h2-3,5-6,8-9,15H,4,7,10H2,1H3,(H,21,23). The first-order valence-corrected chi connectivity index (χ1v) is 8.18. The Morgan fingerprint density at radius 2 is 2.28 bits per heavy atom. The Hall–Kier alpha value is -2.89. The zero-order valence-corrected chi connectivity index (χ0v) is 13.7. The summed E-state index contributed by atoms with van der Waals surface area (Å²) in [5.41, 5.74) is 2.53. The third-order valence-corrected chi connectivity index (χ3v) is 4.47. The van der Waals surface area contributed by atoms with Gasteiger partial charge in [0.1, 0.15) is 11.6 Å². The van der Waals surface area contributed by atoms with Gasteiger partial charge in [-0.05, 0) is 55.2 Å². The summed E-state index contributed by atoms with van der Waals surface area (Å²) >= 11 is 0. The summed E-state index contributed by atoms with van der Waals surface area (Å²) in [5.74, 6) is 1.11. The van der Waals surface area contributed by atoms with E-state index >= 15 is 0 Å². The fourth-order valence-corrected chi connectivity index (χ4v) is 3.23. The van der Waals surface area contributed by atoms with Crippen molar-refractivity contribution in [2.75, 3.05) is 0 Å². The van der Waals surface area contributed by atoms with Gasteiger partial charge in [0.15, 0.2) is 5.76 Å². The molecule has 1 amide bonds. The van der Waals surface area contributed by atoms with E-state index < -0.39 is 0 Å². The Kier molecular flexibility index (Phi) is 3.87. The summed E-state index contributed by atoms with van der Waals surface area (Å²) in [6.45, 7) is 1.77. The van der Waals surface area contributed by atoms with Gasteiger partial charge in [-0.25, -0.2) is 9.37 Å². The van der Waals surface area contributed by atoms with E-state index in [2.05, 4.69) is 10.3 Å². The molecule has 6 heteroatoms. The first-order chi connectivity index (χ1) is 12.1. The van der Waals surface area contributed by atoms with E-state index in [4.69, 9.17) is 8.83 Å². The van der Waals surface area contributed by atoms with Gasteiger partial charge in [0, 0.05) is 0 Å². The number of carbonyl (C=O) groups excluding carboxylic acids is 1. The van der Waals surface area contributed by atoms with Crippen molar-refractivity contribution in [2.45, 2.75) is 32.2 Å². The molecule has 3 aromatic rings. The molecule has 0 spiro atoms. The molecular formula is C19H17FN2O3. The number of fused-ring (bicyclic) bond motifs is 1. The molecule has 1 atom stereocenters. The second-order valence-corrected chi connectivity index (χ2v) is 6.18. The van der Waals surface area contributed by atoms with Gasteiger partial charge in [0.2, 0.25) is 5.91 Å². The average Bonchev–Trinajstić information content (AvgIpc) is 3.29. The maximum absolute atomic E-state index is 13.3. The minimum atomic E-state index is -0.241. The van der Waals surface area contributed by atoms with Gasteiger partial charge in [-0.3, -0.25) is 4.79 Å². The molecule has 4 rings (SSSR count). The molecule has 128 valence electrons. The SMILES string of the molecule is Cc1oc(-c2ccco2)nc1CC(=O)NC1CCc2cc(F)ccc21. The summed E-state index contributed by atoms with van der Waals surface area (Å²) in [6, 6.07) is 8.14. The Balaban J connectivity index is 1.45. The third-order valence-electron chi connectivity index (χ3n) is 4.47. The van der Waals surface area contributed by atoms with Gasteiger partial charge in [-0.2, -0.15) is 0 Å². The first-order valence-electron chi connectivity index (χ1n) is 8.18. The molecule has 1 aliphatic carbocycles. The third kappa shape index (κ3) is 3.07. The largest absolute Gasteiger partial charge is 0.459 e. The van der Waals surface area contributed by atoms with Crippen molar-refractivity contribution >= 4 is 5.91 Å². The summed E-state index contributed by atoms with van der Waals surface area (Å²) in [7, 11) is 0. The minimum Gasteiger partial charge on any atom is -0.459 e. The topological polar surface area (TPSA) is 68.3 Å². The molecule has 2 heterocycles. The number of carbonyl (C=O) groups is 1. The highest BCUT2D eigenvalue weighted by atomic mass is 19.1. The van der Waals surface area contributed by atoms with Gasteiger partial charge in [-0.1, -0.05) is 6.07 Å². The first kappa shape index (κ1) is 15.6. The van der Waals surface area contributed by atoms with Crippen molar-refractivity contribution in [1.82, 2.24) is 10.3 Å². The molecule has 0 bridgehead atoms. The fourth-order valence-electron chi connectivity index (χ4n) is 3.23. The van der Waals surface area contributed by atoms with E-state index in [1.54, 1.807) is 37.5 Å². The maximum atomic E-state index is 13.3. The zero-order chi connectivity index (χ0) is 17.4. The Labute approximate surface area is 143 Å². The molecule has 25 heavy (non-hydrogen) atoms. The fraction of sp³-hybridized carbons (Fsp3) is 0.263. The van der Waals surface area contributed by atoms with Gasteiger partial charge in [0.05, 0.1) is 24.4 Å². The molecule has 1 aliphatic rings. The van der Waals surface area contributed by atoms with Crippen LogP contribution in [0.3, 0.4) is 0 Å². The number of oxazole rings is 1. The van der Waals surface area contributed by atoms with Crippen LogP contribution in [0.1, 0.15) is 35.0 Å². The van der Waals surface area contributed by atoms with Crippen LogP contribution in [0.2, 0.25) is 0 Å². The molecule has 0 radical (unpaired) electrons. The van der Waals surface area contributed by atoms with Gasteiger partial charge >= 0.3 is 0 Å². The number of halogens is 1. The predicted octanol–water partition coefficient (Wildman–Crippen LogP) is 3.73. The summed E-state index contributed by atoms with van der Waals surface area (Å²) in [6.07, 6.45) is 3.22. The monoisotopic (exact) mass is 340 g/mol. The number of hydrogen-bond donors (Lipinski definition) is 1. The van der Waals surface area contributed by atoms with Crippen LogP contribution in [0.25, 0.3) is 11.7 Å². The van der Waals surface area contributed by atoms with E-state index in [0.29, 0.717) is 23.1 Å². The predicted molar refractivity (Wildman–Crippen MR) is 88.3 cm³/mol. The number of rotatable bonds is 4. The molecule has 5 nitrogen and oxygen atoms in total. The van der Waals surface area contributed by atoms with Crippen LogP contribution in [0.4, 0.5) is 4.39 Å². The lowest BCUT2D eigenvalue weighted by molar-refractivity contribution is -0.121. The number of nitrogens with one attached hydrogen (secondary N) is 1. The summed E-state index contributed by atoms with van der Waals surface area (Å²) in [4.78, 5) is 16.8. The van der Waals surface area contributed by atoms with Gasteiger partial charge in [-0.15, -0.1) is 0 Å². The van der Waals surface area contributed by atoms with E-state index in [0.717, 1.165) is 24.0 Å². The second-order valence-electron chi connectivity index (χ2n) is 6.18. The highest BCUT2D eigenvalue weighted by Gasteiger charge is 2.25. The molecule has 0 fully saturated rings. The lowest BCUT2D eigenvalue weighted by atomic mass is 10.1. The summed E-state index contributed by atoms with van der Waals surface area (Å²) < 4.78 is 24.1. The molecule has 0 saturated carbocycles. The smallest absolute Gasteiger partial charge is 0.263 e. The van der Waals surface area contributed by atoms with Crippen molar-refractivity contribution in [3.63, 3.8) is 0 Å². The van der Waals surface area contributed by atoms with E-state index in [1.807, 2.05) is 0 Å². The van der Waals surface area contributed by atoms with Crippen LogP contribution >= 0.6 is 0 Å².